The molecule has 0 spiro atoms. The Morgan fingerprint density at radius 3 is 2.73 bits per heavy atom. The van der Waals surface area contributed by atoms with Crippen LogP contribution < -0.4 is 0 Å². The van der Waals surface area contributed by atoms with Crippen LogP contribution in [0, 0.1) is 6.92 Å². The summed E-state index contributed by atoms with van der Waals surface area (Å²) in [6, 6.07) is 0. The van der Waals surface area contributed by atoms with Gasteiger partial charge in [-0.25, -0.2) is 9.67 Å². The molecule has 0 N–H and O–H groups in total. The fraction of sp³-hybridized carbons (Fsp3) is 0.250. The van der Waals surface area contributed by atoms with Crippen molar-refractivity contribution >= 4 is 22.9 Å². The van der Waals surface area contributed by atoms with E-state index in [0.717, 1.165) is 4.88 Å². The Hall–Kier alpha value is -1.01. The highest BCUT2D eigenvalue weighted by atomic mass is 35.5. The number of aryl methyl sites for hydroxylation is 1. The zero-order valence-electron chi connectivity index (χ0n) is 7.62. The first kappa shape index (κ1) is 10.5. The predicted molar refractivity (Wildman–Crippen MR) is 54.3 cm³/mol. The third-order valence-electron chi connectivity index (χ3n) is 1.79. The minimum Gasteiger partial charge on any atom is -0.224 e. The number of thiazole rings is 1. The van der Waals surface area contributed by atoms with Crippen LogP contribution in [0.5, 0.6) is 0 Å². The van der Waals surface area contributed by atoms with E-state index in [1.165, 1.54) is 23.7 Å². The third-order valence-corrected chi connectivity index (χ3v) is 3.29. The number of nitrogens with zero attached hydrogens (tertiary/aromatic N) is 3. The fourth-order valence-corrected chi connectivity index (χ4v) is 2.09. The summed E-state index contributed by atoms with van der Waals surface area (Å²) in [4.78, 5) is 4.90. The minimum atomic E-state index is -2.63. The van der Waals surface area contributed by atoms with Crippen molar-refractivity contribution in [2.24, 2.45) is 0 Å². The molecule has 0 aromatic carbocycles. The Morgan fingerprint density at radius 1 is 1.53 bits per heavy atom. The molecule has 7 heteroatoms. The van der Waals surface area contributed by atoms with Crippen molar-refractivity contribution in [3.05, 3.63) is 22.4 Å². The summed E-state index contributed by atoms with van der Waals surface area (Å²) in [6.07, 6.45) is 2.60. The first-order valence-electron chi connectivity index (χ1n) is 4.03. The van der Waals surface area contributed by atoms with Crippen LogP contribution in [-0.4, -0.2) is 14.8 Å². The largest absolute Gasteiger partial charge is 0.333 e. The fourth-order valence-electron chi connectivity index (χ4n) is 1.06. The van der Waals surface area contributed by atoms with E-state index >= 15 is 0 Å². The summed E-state index contributed by atoms with van der Waals surface area (Å²) >= 11 is 7.12. The zero-order valence-corrected chi connectivity index (χ0v) is 9.19. The van der Waals surface area contributed by atoms with Crippen molar-refractivity contribution in [2.75, 3.05) is 0 Å². The average molecular weight is 250 g/mol. The maximum atomic E-state index is 12.2. The molecular weight excluding hydrogens is 244 g/mol. The molecule has 80 valence electrons. The van der Waals surface area contributed by atoms with Gasteiger partial charge >= 0.3 is 6.55 Å². The summed E-state index contributed by atoms with van der Waals surface area (Å²) in [6.45, 7) is -0.809. The van der Waals surface area contributed by atoms with Crippen LogP contribution in [0.3, 0.4) is 0 Å². The number of alkyl halides is 2. The van der Waals surface area contributed by atoms with Gasteiger partial charge in [-0.15, -0.1) is 11.3 Å². The Kier molecular flexibility index (Phi) is 2.70. The van der Waals surface area contributed by atoms with Gasteiger partial charge < -0.3 is 0 Å². The highest BCUT2D eigenvalue weighted by Gasteiger charge is 2.12. The smallest absolute Gasteiger partial charge is 0.224 e. The summed E-state index contributed by atoms with van der Waals surface area (Å²) in [5.74, 6) is 0. The number of hydrogen-bond donors (Lipinski definition) is 0. The molecule has 0 unspecified atom stereocenters. The van der Waals surface area contributed by atoms with Crippen LogP contribution in [0.4, 0.5) is 8.78 Å². The molecule has 0 fully saturated rings. The Balaban J connectivity index is 2.37. The molecule has 0 aliphatic carbocycles. The lowest BCUT2D eigenvalue weighted by Gasteiger charge is -1.94. The zero-order chi connectivity index (χ0) is 11.0. The lowest BCUT2D eigenvalue weighted by Crippen LogP contribution is -1.96. The molecule has 0 atom stereocenters. The van der Waals surface area contributed by atoms with Crippen LogP contribution >= 0.6 is 22.9 Å². The topological polar surface area (TPSA) is 30.7 Å². The lowest BCUT2D eigenvalue weighted by atomic mass is 10.4. The summed E-state index contributed by atoms with van der Waals surface area (Å²) in [5.41, 5.74) is 0.551. The molecule has 15 heavy (non-hydrogen) atoms. The maximum absolute atomic E-state index is 12.2. The van der Waals surface area contributed by atoms with Gasteiger partial charge in [0.1, 0.15) is 10.2 Å². The van der Waals surface area contributed by atoms with Crippen molar-refractivity contribution in [3.63, 3.8) is 0 Å². The van der Waals surface area contributed by atoms with E-state index in [1.807, 2.05) is 6.92 Å². The molecule has 0 aliphatic rings. The molecule has 0 radical (unpaired) electrons. The third kappa shape index (κ3) is 2.00. The van der Waals surface area contributed by atoms with Gasteiger partial charge in [-0.1, -0.05) is 11.6 Å². The van der Waals surface area contributed by atoms with Gasteiger partial charge in [-0.05, 0) is 6.92 Å². The van der Waals surface area contributed by atoms with E-state index in [9.17, 15) is 8.78 Å². The van der Waals surface area contributed by atoms with Crippen LogP contribution in [0.25, 0.3) is 10.6 Å². The Morgan fingerprint density at radius 2 is 2.27 bits per heavy atom. The first-order chi connectivity index (χ1) is 7.08. The van der Waals surface area contributed by atoms with Gasteiger partial charge in [0.25, 0.3) is 0 Å². The molecule has 0 bridgehead atoms. The summed E-state index contributed by atoms with van der Waals surface area (Å²) < 4.78 is 25.1. The molecule has 3 nitrogen and oxygen atoms in total. The van der Waals surface area contributed by atoms with E-state index in [1.54, 1.807) is 0 Å². The van der Waals surface area contributed by atoms with Crippen LogP contribution in [0.15, 0.2) is 12.4 Å². The molecule has 2 heterocycles. The molecule has 2 aromatic rings. The number of halogens is 3. The van der Waals surface area contributed by atoms with Crippen molar-refractivity contribution in [2.45, 2.75) is 13.5 Å². The molecule has 0 saturated carbocycles. The van der Waals surface area contributed by atoms with E-state index in [-0.39, 0.29) is 0 Å². The summed E-state index contributed by atoms with van der Waals surface area (Å²) in [5, 5.41) is 4.53. The van der Waals surface area contributed by atoms with E-state index in [2.05, 4.69) is 10.1 Å². The average Bonchev–Trinajstić information content (AvgIpc) is 2.74. The van der Waals surface area contributed by atoms with E-state index in [4.69, 9.17) is 11.6 Å². The SMILES string of the molecule is Cc1sc(-c2cnn(C(F)F)c2)nc1Cl. The van der Waals surface area contributed by atoms with Gasteiger partial charge in [-0.2, -0.15) is 13.9 Å². The molecule has 0 aliphatic heterocycles. The predicted octanol–water partition coefficient (Wildman–Crippen LogP) is 3.36. The minimum absolute atomic E-state index is 0.403. The highest BCUT2D eigenvalue weighted by Crippen LogP contribution is 2.30. The second-order valence-corrected chi connectivity index (χ2v) is 4.41. The van der Waals surface area contributed by atoms with Gasteiger partial charge in [0.15, 0.2) is 0 Å². The maximum Gasteiger partial charge on any atom is 0.333 e. The number of rotatable bonds is 2. The quantitative estimate of drug-likeness (QED) is 0.817. The van der Waals surface area contributed by atoms with Crippen LogP contribution in [0.1, 0.15) is 11.4 Å². The van der Waals surface area contributed by atoms with Crippen molar-refractivity contribution in [3.8, 4) is 10.6 Å². The second kappa shape index (κ2) is 3.86. The molecular formula is C8H6ClF2N3S. The monoisotopic (exact) mass is 249 g/mol. The van der Waals surface area contributed by atoms with Crippen molar-refractivity contribution < 1.29 is 8.78 Å². The van der Waals surface area contributed by atoms with Gasteiger partial charge in [-0.3, -0.25) is 0 Å². The standard InChI is InChI=1S/C8H6ClF2N3S/c1-4-6(9)13-7(15-4)5-2-12-14(3-5)8(10)11/h2-3,8H,1H3. The summed E-state index contributed by atoms with van der Waals surface area (Å²) in [7, 11) is 0. The normalized spacial score (nSPS) is 11.3. The Labute approximate surface area is 93.3 Å². The highest BCUT2D eigenvalue weighted by molar-refractivity contribution is 7.15. The number of hydrogen-bond acceptors (Lipinski definition) is 3. The van der Waals surface area contributed by atoms with Crippen LogP contribution in [-0.2, 0) is 0 Å². The van der Waals surface area contributed by atoms with Crippen LogP contribution in [0.2, 0.25) is 5.15 Å². The molecule has 0 amide bonds. The van der Waals surface area contributed by atoms with Gasteiger partial charge in [0.05, 0.1) is 6.20 Å². The van der Waals surface area contributed by atoms with Gasteiger partial charge in [0.2, 0.25) is 0 Å². The molecule has 0 saturated heterocycles. The number of aromatic nitrogens is 3. The van der Waals surface area contributed by atoms with E-state index in [0.29, 0.717) is 20.4 Å². The van der Waals surface area contributed by atoms with Gasteiger partial charge in [0, 0.05) is 16.6 Å². The first-order valence-corrected chi connectivity index (χ1v) is 5.23. The molecule has 2 rings (SSSR count). The van der Waals surface area contributed by atoms with E-state index < -0.39 is 6.55 Å². The lowest BCUT2D eigenvalue weighted by molar-refractivity contribution is 0.0566. The molecule has 2 aromatic heterocycles. The second-order valence-electron chi connectivity index (χ2n) is 2.85. The Bertz CT molecular complexity index is 460. The van der Waals surface area contributed by atoms with Crippen molar-refractivity contribution in [1.29, 1.82) is 0 Å². The van der Waals surface area contributed by atoms with Crippen molar-refractivity contribution in [1.82, 2.24) is 14.8 Å².